The summed E-state index contributed by atoms with van der Waals surface area (Å²) in [5.41, 5.74) is 3.05. The fraction of sp³-hybridized carbons (Fsp3) is 0.0476. The molecule has 1 aromatic carbocycles. The maximum Gasteiger partial charge on any atom is 0.276 e. The summed E-state index contributed by atoms with van der Waals surface area (Å²) in [6.07, 6.45) is 2.81. The smallest absolute Gasteiger partial charge is 0.276 e. The van der Waals surface area contributed by atoms with Crippen molar-refractivity contribution in [1.82, 2.24) is 15.4 Å². The lowest BCUT2D eigenvalue weighted by Gasteiger charge is -2.11. The van der Waals surface area contributed by atoms with Crippen molar-refractivity contribution in [2.24, 2.45) is 0 Å². The molecule has 0 spiro atoms. The number of nitrogens with zero attached hydrogens (tertiary/aromatic N) is 2. The first kappa shape index (κ1) is 18.3. The van der Waals surface area contributed by atoms with Gasteiger partial charge in [-0.3, -0.25) is 19.8 Å². The molecule has 1 amide bonds. The van der Waals surface area contributed by atoms with Crippen molar-refractivity contribution in [3.8, 4) is 17.1 Å². The molecule has 0 radical (unpaired) electrons. The minimum Gasteiger partial charge on any atom is -0.480 e. The Labute approximate surface area is 164 Å². The number of carbonyl (C=O) groups is 1. The number of pyridine rings is 2. The Morgan fingerprint density at radius 1 is 1.07 bits per heavy atom. The zero-order valence-corrected chi connectivity index (χ0v) is 15.0. The number of hydroxylamine groups is 1. The van der Waals surface area contributed by atoms with Crippen molar-refractivity contribution in [1.29, 1.82) is 0 Å². The summed E-state index contributed by atoms with van der Waals surface area (Å²) in [7, 11) is 0. The second kappa shape index (κ2) is 7.91. The highest BCUT2D eigenvalue weighted by atomic mass is 16.5. The van der Waals surface area contributed by atoms with Gasteiger partial charge in [-0.25, -0.2) is 10.5 Å². The molecular weight excluding hydrogens is 374 g/mol. The molecule has 0 fully saturated rings. The second-order valence-corrected chi connectivity index (χ2v) is 6.07. The van der Waals surface area contributed by atoms with E-state index >= 15 is 0 Å². The van der Waals surface area contributed by atoms with Crippen LogP contribution in [0.3, 0.4) is 0 Å². The Balaban J connectivity index is 1.71. The lowest BCUT2D eigenvalue weighted by atomic mass is 10.1. The van der Waals surface area contributed by atoms with E-state index in [1.165, 1.54) is 23.9 Å². The van der Waals surface area contributed by atoms with Crippen molar-refractivity contribution >= 4 is 17.0 Å². The van der Waals surface area contributed by atoms with E-state index in [9.17, 15) is 9.59 Å². The molecule has 29 heavy (non-hydrogen) atoms. The molecule has 4 rings (SSSR count). The van der Waals surface area contributed by atoms with Gasteiger partial charge in [0.15, 0.2) is 16.9 Å². The van der Waals surface area contributed by atoms with Crippen LogP contribution in [0.4, 0.5) is 0 Å². The van der Waals surface area contributed by atoms with Crippen LogP contribution in [0.25, 0.3) is 22.4 Å². The second-order valence-electron chi connectivity index (χ2n) is 6.07. The molecule has 0 aliphatic rings. The molecule has 0 saturated heterocycles. The van der Waals surface area contributed by atoms with Crippen molar-refractivity contribution in [2.45, 2.75) is 6.61 Å². The van der Waals surface area contributed by atoms with Gasteiger partial charge >= 0.3 is 0 Å². The van der Waals surface area contributed by atoms with Crippen LogP contribution in [0, 0.1) is 0 Å². The molecule has 0 bridgehead atoms. The Kier molecular flexibility index (Phi) is 5.00. The summed E-state index contributed by atoms with van der Waals surface area (Å²) in [4.78, 5) is 32.6. The van der Waals surface area contributed by atoms with Crippen molar-refractivity contribution < 1.29 is 19.2 Å². The zero-order valence-electron chi connectivity index (χ0n) is 15.0. The summed E-state index contributed by atoms with van der Waals surface area (Å²) in [6.45, 7) is -0.0239. The molecule has 3 aromatic heterocycles. The number of fused-ring (bicyclic) bond motifs is 1. The van der Waals surface area contributed by atoms with Gasteiger partial charge in [0.25, 0.3) is 11.3 Å². The molecule has 0 atom stereocenters. The van der Waals surface area contributed by atoms with Crippen LogP contribution in [0.5, 0.6) is 5.75 Å². The molecule has 0 unspecified atom stereocenters. The van der Waals surface area contributed by atoms with Crippen molar-refractivity contribution in [2.75, 3.05) is 0 Å². The van der Waals surface area contributed by atoms with Crippen LogP contribution in [-0.4, -0.2) is 21.1 Å². The van der Waals surface area contributed by atoms with Gasteiger partial charge < -0.3 is 9.15 Å². The van der Waals surface area contributed by atoms with Crippen LogP contribution < -0.4 is 15.6 Å². The van der Waals surface area contributed by atoms with Crippen molar-refractivity contribution in [3.63, 3.8) is 0 Å². The highest BCUT2D eigenvalue weighted by molar-refractivity contribution is 5.92. The Morgan fingerprint density at radius 3 is 2.62 bits per heavy atom. The van der Waals surface area contributed by atoms with E-state index in [0.29, 0.717) is 22.6 Å². The Hall–Kier alpha value is -4.04. The van der Waals surface area contributed by atoms with Crippen LogP contribution in [0.1, 0.15) is 16.1 Å². The molecule has 144 valence electrons. The average Bonchev–Trinajstić information content (AvgIpc) is 2.79. The monoisotopic (exact) mass is 389 g/mol. The topological polar surface area (TPSA) is 115 Å². The normalized spacial score (nSPS) is 10.7. The first-order valence-electron chi connectivity index (χ1n) is 8.67. The highest BCUT2D eigenvalue weighted by Gasteiger charge is 2.18. The highest BCUT2D eigenvalue weighted by Crippen LogP contribution is 2.30. The van der Waals surface area contributed by atoms with Gasteiger partial charge in [-0.2, -0.15) is 0 Å². The van der Waals surface area contributed by atoms with Crippen LogP contribution >= 0.6 is 0 Å². The van der Waals surface area contributed by atoms with Gasteiger partial charge in [0.05, 0.1) is 11.3 Å². The minimum absolute atomic E-state index is 0.0239. The van der Waals surface area contributed by atoms with Gasteiger partial charge in [-0.1, -0.05) is 30.3 Å². The van der Waals surface area contributed by atoms with Crippen LogP contribution in [0.2, 0.25) is 0 Å². The average molecular weight is 389 g/mol. The maximum absolute atomic E-state index is 13.0. The zero-order chi connectivity index (χ0) is 20.2. The van der Waals surface area contributed by atoms with E-state index in [2.05, 4.69) is 9.97 Å². The maximum atomic E-state index is 13.0. The summed E-state index contributed by atoms with van der Waals surface area (Å²) in [5.74, 6) is -0.341. The van der Waals surface area contributed by atoms with Gasteiger partial charge in [0, 0.05) is 18.0 Å². The third-order valence-corrected chi connectivity index (χ3v) is 4.20. The third-order valence-electron chi connectivity index (χ3n) is 4.20. The molecule has 2 N–H and O–H groups in total. The summed E-state index contributed by atoms with van der Waals surface area (Å²) in [6, 6.07) is 15.6. The third kappa shape index (κ3) is 3.69. The van der Waals surface area contributed by atoms with Gasteiger partial charge in [-0.05, 0) is 24.3 Å². The first-order chi connectivity index (χ1) is 14.2. The predicted octanol–water partition coefficient (Wildman–Crippen LogP) is 2.95. The largest absolute Gasteiger partial charge is 0.480 e. The lowest BCUT2D eigenvalue weighted by molar-refractivity contribution is 0.0706. The molecule has 0 saturated carbocycles. The molecule has 8 nitrogen and oxygen atoms in total. The summed E-state index contributed by atoms with van der Waals surface area (Å²) in [5, 5.41) is 8.66. The van der Waals surface area contributed by atoms with Crippen LogP contribution in [0.15, 0.2) is 76.2 Å². The Bertz CT molecular complexity index is 1220. The fourth-order valence-electron chi connectivity index (χ4n) is 2.78. The number of aromatic nitrogens is 2. The number of hydrogen-bond donors (Lipinski definition) is 2. The first-order valence-corrected chi connectivity index (χ1v) is 8.67. The van der Waals surface area contributed by atoms with E-state index < -0.39 is 5.91 Å². The van der Waals surface area contributed by atoms with E-state index in [1.807, 2.05) is 30.3 Å². The summed E-state index contributed by atoms with van der Waals surface area (Å²) >= 11 is 0. The number of nitrogens with one attached hydrogen (secondary N) is 1. The van der Waals surface area contributed by atoms with E-state index in [0.717, 1.165) is 0 Å². The number of rotatable bonds is 5. The SMILES string of the molecule is O=C(NO)c1ccc(COc2c(-c3ccccc3)oc3cccnc3c2=O)nc1. The fourth-order valence-corrected chi connectivity index (χ4v) is 2.78. The standard InChI is InChI=1S/C21H15N3O5/c25-18-17-16(7-4-10-22-17)29-19(13-5-2-1-3-6-13)20(18)28-12-15-9-8-14(11-23-15)21(26)24-27/h1-11,27H,12H2,(H,24,26). The minimum atomic E-state index is -0.669. The van der Waals surface area contributed by atoms with E-state index in [4.69, 9.17) is 14.4 Å². The van der Waals surface area contributed by atoms with Gasteiger partial charge in [-0.15, -0.1) is 0 Å². The predicted molar refractivity (Wildman–Crippen MR) is 104 cm³/mol. The molecule has 3 heterocycles. The molecular formula is C21H15N3O5. The van der Waals surface area contributed by atoms with E-state index in [-0.39, 0.29) is 28.9 Å². The Morgan fingerprint density at radius 2 is 1.90 bits per heavy atom. The number of carbonyl (C=O) groups excluding carboxylic acids is 1. The molecule has 8 heteroatoms. The number of amides is 1. The quantitative estimate of drug-likeness (QED) is 0.398. The lowest BCUT2D eigenvalue weighted by Crippen LogP contribution is -2.19. The number of hydrogen-bond acceptors (Lipinski definition) is 7. The molecule has 0 aliphatic heterocycles. The van der Waals surface area contributed by atoms with Gasteiger partial charge in [0.1, 0.15) is 6.61 Å². The molecule has 0 aliphatic carbocycles. The number of ether oxygens (including phenoxy) is 1. The van der Waals surface area contributed by atoms with Crippen LogP contribution in [-0.2, 0) is 6.61 Å². The van der Waals surface area contributed by atoms with E-state index in [1.54, 1.807) is 18.2 Å². The number of benzene rings is 1. The van der Waals surface area contributed by atoms with Gasteiger partial charge in [0.2, 0.25) is 5.75 Å². The van der Waals surface area contributed by atoms with Crippen molar-refractivity contribution in [3.05, 3.63) is 88.5 Å². The molecule has 4 aromatic rings. The summed E-state index contributed by atoms with van der Waals surface area (Å²) < 4.78 is 11.7.